The van der Waals surface area contributed by atoms with Crippen LogP contribution < -0.4 is 10.5 Å². The topological polar surface area (TPSA) is 101 Å². The molecule has 0 saturated heterocycles. The number of nitrogens with zero attached hydrogens (tertiary/aromatic N) is 1. The third kappa shape index (κ3) is 2.69. The summed E-state index contributed by atoms with van der Waals surface area (Å²) in [5, 5.41) is 0.0266. The maximum Gasteiger partial charge on any atom is 0.278 e. The summed E-state index contributed by atoms with van der Waals surface area (Å²) in [6, 6.07) is 6.84. The van der Waals surface area contributed by atoms with Crippen molar-refractivity contribution in [2.45, 2.75) is 18.0 Å². The van der Waals surface area contributed by atoms with Gasteiger partial charge in [-0.05, 0) is 24.6 Å². The largest absolute Gasteiger partial charge is 0.334 e. The number of rotatable bonds is 4. The molecule has 0 radical (unpaired) electrons. The number of sulfonamides is 1. The molecule has 1 atom stereocenters. The molecule has 18 heavy (non-hydrogen) atoms. The lowest BCUT2D eigenvalue weighted by Crippen LogP contribution is -2.13. The molecule has 1 heterocycles. The maximum atomic E-state index is 11.9. The third-order valence-corrected chi connectivity index (χ3v) is 3.76. The molecular weight excluding hydrogens is 252 g/mol. The Labute approximate surface area is 105 Å². The molecule has 6 nitrogen and oxygen atoms in total. The zero-order valence-electron chi connectivity index (χ0n) is 9.79. The second-order valence-electron chi connectivity index (χ2n) is 3.93. The summed E-state index contributed by atoms with van der Waals surface area (Å²) in [4.78, 5) is 6.22. The number of aromatic amines is 1. The highest BCUT2D eigenvalue weighted by atomic mass is 32.2. The van der Waals surface area contributed by atoms with E-state index in [4.69, 9.17) is 5.73 Å². The van der Waals surface area contributed by atoms with E-state index in [1.165, 1.54) is 12.5 Å². The van der Waals surface area contributed by atoms with Gasteiger partial charge in [0.2, 0.25) is 0 Å². The van der Waals surface area contributed by atoms with Crippen molar-refractivity contribution in [2.24, 2.45) is 5.73 Å². The van der Waals surface area contributed by atoms with Crippen molar-refractivity contribution in [2.75, 3.05) is 4.72 Å². The van der Waals surface area contributed by atoms with Crippen molar-refractivity contribution in [1.29, 1.82) is 0 Å². The van der Waals surface area contributed by atoms with Crippen molar-refractivity contribution in [1.82, 2.24) is 9.97 Å². The van der Waals surface area contributed by atoms with Gasteiger partial charge >= 0.3 is 0 Å². The molecule has 0 saturated carbocycles. The van der Waals surface area contributed by atoms with Gasteiger partial charge in [-0.1, -0.05) is 12.1 Å². The predicted octanol–water partition coefficient (Wildman–Crippen LogP) is 1.23. The van der Waals surface area contributed by atoms with Gasteiger partial charge in [-0.25, -0.2) is 4.98 Å². The van der Waals surface area contributed by atoms with E-state index >= 15 is 0 Å². The summed E-state index contributed by atoms with van der Waals surface area (Å²) in [6.07, 6.45) is 2.56. The van der Waals surface area contributed by atoms with Gasteiger partial charge in [0, 0.05) is 11.7 Å². The van der Waals surface area contributed by atoms with Gasteiger partial charge in [0.1, 0.15) is 0 Å². The fraction of sp³-hybridized carbons (Fsp3) is 0.182. The fourth-order valence-corrected chi connectivity index (χ4v) is 2.42. The summed E-state index contributed by atoms with van der Waals surface area (Å²) in [6.45, 7) is 1.86. The Bertz CT molecular complexity index is 603. The van der Waals surface area contributed by atoms with E-state index in [1.807, 2.05) is 6.92 Å². The quantitative estimate of drug-likeness (QED) is 0.774. The Balaban J connectivity index is 2.20. The van der Waals surface area contributed by atoms with Crippen LogP contribution in [0.15, 0.2) is 41.8 Å². The number of anilines is 1. The molecule has 0 aliphatic rings. The van der Waals surface area contributed by atoms with Crippen molar-refractivity contribution < 1.29 is 8.42 Å². The fourth-order valence-electron chi connectivity index (χ4n) is 1.45. The molecule has 0 amide bonds. The van der Waals surface area contributed by atoms with Crippen LogP contribution >= 0.6 is 0 Å². The van der Waals surface area contributed by atoms with Crippen LogP contribution in [-0.4, -0.2) is 18.4 Å². The molecule has 1 aromatic heterocycles. The minimum absolute atomic E-state index is 0.0266. The first-order valence-electron chi connectivity index (χ1n) is 5.36. The van der Waals surface area contributed by atoms with Crippen molar-refractivity contribution >= 4 is 15.7 Å². The SMILES string of the molecule is CC(N)c1ccc(NS(=O)(=O)c2cnc[nH]2)cc1. The first-order valence-corrected chi connectivity index (χ1v) is 6.84. The number of hydrogen-bond donors (Lipinski definition) is 3. The van der Waals surface area contributed by atoms with E-state index in [9.17, 15) is 8.42 Å². The monoisotopic (exact) mass is 266 g/mol. The van der Waals surface area contributed by atoms with Crippen molar-refractivity contribution in [3.63, 3.8) is 0 Å². The second-order valence-corrected chi connectivity index (χ2v) is 5.58. The van der Waals surface area contributed by atoms with E-state index in [1.54, 1.807) is 24.3 Å². The van der Waals surface area contributed by atoms with Crippen molar-refractivity contribution in [3.05, 3.63) is 42.4 Å². The molecule has 0 aliphatic heterocycles. The van der Waals surface area contributed by atoms with E-state index in [-0.39, 0.29) is 11.1 Å². The molecule has 2 aromatic rings. The predicted molar refractivity (Wildman–Crippen MR) is 68.4 cm³/mol. The molecule has 0 aliphatic carbocycles. The molecule has 0 spiro atoms. The normalized spacial score (nSPS) is 13.2. The number of aromatic nitrogens is 2. The average Bonchev–Trinajstić information content (AvgIpc) is 2.83. The molecule has 7 heteroatoms. The summed E-state index contributed by atoms with van der Waals surface area (Å²) in [7, 11) is -3.60. The Morgan fingerprint density at radius 3 is 2.50 bits per heavy atom. The highest BCUT2D eigenvalue weighted by Crippen LogP contribution is 2.17. The van der Waals surface area contributed by atoms with Gasteiger partial charge in [-0.3, -0.25) is 4.72 Å². The van der Waals surface area contributed by atoms with Crippen LogP contribution in [-0.2, 0) is 10.0 Å². The Morgan fingerprint density at radius 1 is 1.33 bits per heavy atom. The van der Waals surface area contributed by atoms with Gasteiger partial charge in [-0.2, -0.15) is 8.42 Å². The molecule has 0 fully saturated rings. The molecule has 1 aromatic carbocycles. The number of nitrogens with one attached hydrogen (secondary N) is 2. The number of benzene rings is 1. The van der Waals surface area contributed by atoms with E-state index in [0.717, 1.165) is 5.56 Å². The Morgan fingerprint density at radius 2 is 2.00 bits per heavy atom. The van der Waals surface area contributed by atoms with Gasteiger partial charge in [-0.15, -0.1) is 0 Å². The first kappa shape index (κ1) is 12.6. The number of H-pyrrole nitrogens is 1. The second kappa shape index (κ2) is 4.79. The highest BCUT2D eigenvalue weighted by molar-refractivity contribution is 7.92. The van der Waals surface area contributed by atoms with Crippen LogP contribution in [0.25, 0.3) is 0 Å². The van der Waals surface area contributed by atoms with E-state index in [0.29, 0.717) is 5.69 Å². The standard InChI is InChI=1S/C11H14N4O2S/c1-8(12)9-2-4-10(5-3-9)15-18(16,17)11-6-13-7-14-11/h2-8,15H,12H2,1H3,(H,13,14). The van der Waals surface area contributed by atoms with Gasteiger partial charge in [0.05, 0.1) is 12.5 Å². The maximum absolute atomic E-state index is 11.9. The molecule has 96 valence electrons. The van der Waals surface area contributed by atoms with Crippen LogP contribution in [0.4, 0.5) is 5.69 Å². The lowest BCUT2D eigenvalue weighted by atomic mass is 10.1. The van der Waals surface area contributed by atoms with Crippen molar-refractivity contribution in [3.8, 4) is 0 Å². The number of hydrogen-bond acceptors (Lipinski definition) is 4. The third-order valence-electron chi connectivity index (χ3n) is 2.45. The minimum atomic E-state index is -3.60. The van der Waals surface area contributed by atoms with Gasteiger partial charge in [0.15, 0.2) is 5.03 Å². The summed E-state index contributed by atoms with van der Waals surface area (Å²) in [5.74, 6) is 0. The van der Waals surface area contributed by atoms with Crippen LogP contribution in [0.1, 0.15) is 18.5 Å². The van der Waals surface area contributed by atoms with Crippen LogP contribution in [0.3, 0.4) is 0 Å². The Kier molecular flexibility index (Phi) is 3.35. The summed E-state index contributed by atoms with van der Waals surface area (Å²) in [5.41, 5.74) is 7.14. The molecule has 0 bridgehead atoms. The number of nitrogens with two attached hydrogens (primary N) is 1. The first-order chi connectivity index (χ1) is 8.49. The minimum Gasteiger partial charge on any atom is -0.334 e. The van der Waals surface area contributed by atoms with E-state index < -0.39 is 10.0 Å². The summed E-state index contributed by atoms with van der Waals surface area (Å²) >= 11 is 0. The zero-order chi connectivity index (χ0) is 13.2. The smallest absolute Gasteiger partial charge is 0.278 e. The molecule has 2 rings (SSSR count). The van der Waals surface area contributed by atoms with Gasteiger partial charge < -0.3 is 10.7 Å². The lowest BCUT2D eigenvalue weighted by Gasteiger charge is -2.08. The lowest BCUT2D eigenvalue weighted by molar-refractivity contribution is 0.598. The van der Waals surface area contributed by atoms with Crippen LogP contribution in [0, 0.1) is 0 Å². The van der Waals surface area contributed by atoms with Crippen LogP contribution in [0.2, 0.25) is 0 Å². The van der Waals surface area contributed by atoms with Gasteiger partial charge in [0.25, 0.3) is 10.0 Å². The average molecular weight is 266 g/mol. The highest BCUT2D eigenvalue weighted by Gasteiger charge is 2.15. The molecular formula is C11H14N4O2S. The van der Waals surface area contributed by atoms with E-state index in [2.05, 4.69) is 14.7 Å². The molecule has 1 unspecified atom stereocenters. The summed E-state index contributed by atoms with van der Waals surface area (Å²) < 4.78 is 26.2. The Hall–Kier alpha value is -1.86. The number of imidazole rings is 1. The van der Waals surface area contributed by atoms with Crippen LogP contribution in [0.5, 0.6) is 0 Å². The zero-order valence-corrected chi connectivity index (χ0v) is 10.6. The molecule has 4 N–H and O–H groups in total.